The molecule has 0 heterocycles. The van der Waals surface area contributed by atoms with Gasteiger partial charge in [-0.25, -0.2) is 0 Å². The quantitative estimate of drug-likeness (QED) is 0.416. The SMILES string of the molecule is CC(C)(C)[S+]([O-])N=CC1CC1(Cl)Cl. The van der Waals surface area contributed by atoms with Gasteiger partial charge < -0.3 is 4.55 Å². The van der Waals surface area contributed by atoms with Crippen LogP contribution in [-0.2, 0) is 11.4 Å². The Morgan fingerprint density at radius 2 is 2.00 bits per heavy atom. The van der Waals surface area contributed by atoms with Crippen LogP contribution in [0.2, 0.25) is 0 Å². The highest BCUT2D eigenvalue weighted by Crippen LogP contribution is 2.52. The second-order valence-corrected chi connectivity index (χ2v) is 7.66. The van der Waals surface area contributed by atoms with Crippen LogP contribution >= 0.6 is 23.2 Å². The van der Waals surface area contributed by atoms with Crippen LogP contribution in [-0.4, -0.2) is 19.8 Å². The smallest absolute Gasteiger partial charge is 0.144 e. The summed E-state index contributed by atoms with van der Waals surface area (Å²) in [4.78, 5) is 0. The van der Waals surface area contributed by atoms with E-state index in [0.29, 0.717) is 6.42 Å². The lowest BCUT2D eigenvalue weighted by Crippen LogP contribution is -2.26. The lowest BCUT2D eigenvalue weighted by Gasteiger charge is -2.17. The Hall–Kier alpha value is 0.560. The minimum absolute atomic E-state index is 0.0714. The van der Waals surface area contributed by atoms with Crippen molar-refractivity contribution in [2.24, 2.45) is 10.3 Å². The van der Waals surface area contributed by atoms with Gasteiger partial charge in [0.25, 0.3) is 0 Å². The number of halogens is 2. The summed E-state index contributed by atoms with van der Waals surface area (Å²) < 4.78 is 14.4. The lowest BCUT2D eigenvalue weighted by molar-refractivity contribution is 0.561. The molecule has 5 heteroatoms. The number of rotatable bonds is 2. The topological polar surface area (TPSA) is 35.4 Å². The molecule has 0 aromatic rings. The Labute approximate surface area is 92.0 Å². The standard InChI is InChI=1S/C8H13Cl2NOS/c1-7(2,3)13(12)11-5-6-4-8(6,9)10/h5-6H,4H2,1-3H3. The predicted molar refractivity (Wildman–Crippen MR) is 58.9 cm³/mol. The molecule has 0 aromatic heterocycles. The average Bonchev–Trinajstić information content (AvgIpc) is 2.52. The third kappa shape index (κ3) is 3.31. The van der Waals surface area contributed by atoms with E-state index < -0.39 is 15.7 Å². The number of hydrogen-bond acceptors (Lipinski definition) is 2. The molecule has 76 valence electrons. The van der Waals surface area contributed by atoms with Gasteiger partial charge in [0, 0.05) is 5.92 Å². The van der Waals surface area contributed by atoms with Gasteiger partial charge in [0.1, 0.15) is 20.4 Å². The van der Waals surface area contributed by atoms with Crippen molar-refractivity contribution in [2.75, 3.05) is 0 Å². The third-order valence-electron chi connectivity index (χ3n) is 1.73. The molecule has 1 aliphatic rings. The molecule has 1 rings (SSSR count). The molecule has 0 radical (unpaired) electrons. The number of alkyl halides is 2. The van der Waals surface area contributed by atoms with Crippen molar-refractivity contribution in [3.63, 3.8) is 0 Å². The maximum atomic E-state index is 11.4. The molecule has 0 spiro atoms. The largest absolute Gasteiger partial charge is 0.591 e. The Morgan fingerprint density at radius 3 is 2.31 bits per heavy atom. The van der Waals surface area contributed by atoms with Crippen LogP contribution in [0.5, 0.6) is 0 Å². The van der Waals surface area contributed by atoms with E-state index in [9.17, 15) is 4.55 Å². The Kier molecular flexibility index (Phi) is 3.23. The minimum Gasteiger partial charge on any atom is -0.591 e. The van der Waals surface area contributed by atoms with E-state index in [-0.39, 0.29) is 10.7 Å². The van der Waals surface area contributed by atoms with Crippen LogP contribution in [0, 0.1) is 5.92 Å². The first-order valence-corrected chi connectivity index (χ1v) is 5.94. The first kappa shape index (κ1) is 11.6. The van der Waals surface area contributed by atoms with Gasteiger partial charge in [0.05, 0.1) is 6.21 Å². The molecule has 2 atom stereocenters. The van der Waals surface area contributed by atoms with E-state index in [1.54, 1.807) is 6.21 Å². The molecule has 0 saturated heterocycles. The molecule has 0 bridgehead atoms. The zero-order valence-electron chi connectivity index (χ0n) is 7.88. The van der Waals surface area contributed by atoms with Crippen LogP contribution in [0.4, 0.5) is 0 Å². The van der Waals surface area contributed by atoms with Gasteiger partial charge in [0.15, 0.2) is 0 Å². The summed E-state index contributed by atoms with van der Waals surface area (Å²) in [5.74, 6) is 0.0714. The monoisotopic (exact) mass is 241 g/mol. The van der Waals surface area contributed by atoms with E-state index in [1.165, 1.54) is 0 Å². The highest BCUT2D eigenvalue weighted by Gasteiger charge is 2.51. The van der Waals surface area contributed by atoms with E-state index in [0.717, 1.165) is 0 Å². The molecule has 0 aliphatic heterocycles. The molecule has 2 nitrogen and oxygen atoms in total. The summed E-state index contributed by atoms with van der Waals surface area (Å²) in [6.07, 6.45) is 2.32. The summed E-state index contributed by atoms with van der Waals surface area (Å²) in [5.41, 5.74) is 0. The maximum absolute atomic E-state index is 11.4. The van der Waals surface area contributed by atoms with Gasteiger partial charge in [-0.3, -0.25) is 0 Å². The van der Waals surface area contributed by atoms with Crippen LogP contribution in [0.15, 0.2) is 4.40 Å². The van der Waals surface area contributed by atoms with E-state index in [1.807, 2.05) is 20.8 Å². The van der Waals surface area contributed by atoms with Gasteiger partial charge in [0.2, 0.25) is 0 Å². The fourth-order valence-electron chi connectivity index (χ4n) is 0.683. The summed E-state index contributed by atoms with van der Waals surface area (Å²) in [6, 6.07) is 0. The number of hydrogen-bond donors (Lipinski definition) is 0. The van der Waals surface area contributed by atoms with Crippen molar-refractivity contribution in [3.8, 4) is 0 Å². The summed E-state index contributed by atoms with van der Waals surface area (Å²) >= 11 is 10.4. The van der Waals surface area contributed by atoms with Gasteiger partial charge in [-0.1, -0.05) is 4.40 Å². The Bertz CT molecular complexity index is 225. The first-order valence-electron chi connectivity index (χ1n) is 4.07. The van der Waals surface area contributed by atoms with Crippen molar-refractivity contribution in [1.29, 1.82) is 0 Å². The first-order chi connectivity index (χ1) is 5.73. The summed E-state index contributed by atoms with van der Waals surface area (Å²) in [5, 5.41) is 0. The molecular weight excluding hydrogens is 229 g/mol. The second-order valence-electron chi connectivity index (χ2n) is 4.19. The average molecular weight is 242 g/mol. The van der Waals surface area contributed by atoms with Crippen LogP contribution in [0.1, 0.15) is 27.2 Å². The molecule has 0 N–H and O–H groups in total. The zero-order chi connectivity index (χ0) is 10.3. The van der Waals surface area contributed by atoms with Crippen molar-refractivity contribution in [2.45, 2.75) is 36.3 Å². The Morgan fingerprint density at radius 1 is 1.54 bits per heavy atom. The third-order valence-corrected chi connectivity index (χ3v) is 3.96. The van der Waals surface area contributed by atoms with Crippen LogP contribution < -0.4 is 0 Å². The number of nitrogens with zero attached hydrogens (tertiary/aromatic N) is 1. The lowest BCUT2D eigenvalue weighted by atomic mass is 10.3. The van der Waals surface area contributed by atoms with E-state index in [4.69, 9.17) is 23.2 Å². The second kappa shape index (κ2) is 3.61. The molecule has 2 unspecified atom stereocenters. The summed E-state index contributed by atoms with van der Waals surface area (Å²) in [6.45, 7) is 5.63. The summed E-state index contributed by atoms with van der Waals surface area (Å²) in [7, 11) is 0. The van der Waals surface area contributed by atoms with Crippen LogP contribution in [0.25, 0.3) is 0 Å². The molecule has 1 fully saturated rings. The highest BCUT2D eigenvalue weighted by molar-refractivity contribution is 7.91. The van der Waals surface area contributed by atoms with E-state index in [2.05, 4.69) is 4.40 Å². The van der Waals surface area contributed by atoms with Gasteiger partial charge in [-0.15, -0.1) is 23.2 Å². The van der Waals surface area contributed by atoms with Gasteiger partial charge in [-0.05, 0) is 27.2 Å². The Balaban J connectivity index is 2.42. The fourth-order valence-corrected chi connectivity index (χ4v) is 1.70. The zero-order valence-corrected chi connectivity index (χ0v) is 10.2. The van der Waals surface area contributed by atoms with Crippen molar-refractivity contribution in [3.05, 3.63) is 0 Å². The molecule has 1 aliphatic carbocycles. The molecule has 0 amide bonds. The van der Waals surface area contributed by atoms with Crippen molar-refractivity contribution >= 4 is 40.8 Å². The highest BCUT2D eigenvalue weighted by atomic mass is 35.5. The van der Waals surface area contributed by atoms with Gasteiger partial charge in [-0.2, -0.15) is 0 Å². The minimum atomic E-state index is -1.20. The van der Waals surface area contributed by atoms with E-state index >= 15 is 0 Å². The predicted octanol–water partition coefficient (Wildman–Crippen LogP) is 2.71. The van der Waals surface area contributed by atoms with Crippen molar-refractivity contribution in [1.82, 2.24) is 0 Å². The fraction of sp³-hybridized carbons (Fsp3) is 0.875. The van der Waals surface area contributed by atoms with Crippen molar-refractivity contribution < 1.29 is 4.55 Å². The maximum Gasteiger partial charge on any atom is 0.144 e. The van der Waals surface area contributed by atoms with Crippen LogP contribution in [0.3, 0.4) is 0 Å². The normalized spacial score (nSPS) is 29.2. The molecule has 1 saturated carbocycles. The molecule has 13 heavy (non-hydrogen) atoms. The molecule has 0 aromatic carbocycles. The van der Waals surface area contributed by atoms with Gasteiger partial charge >= 0.3 is 0 Å². The molecular formula is C8H13Cl2NOS.